The number of hydrogen-bond donors (Lipinski definition) is 0. The van der Waals surface area contributed by atoms with Gasteiger partial charge in [0.05, 0.1) is 6.04 Å². The zero-order valence-electron chi connectivity index (χ0n) is 17.3. The normalized spacial score (nSPS) is 16.4. The summed E-state index contributed by atoms with van der Waals surface area (Å²) in [6.45, 7) is 7.10. The van der Waals surface area contributed by atoms with Gasteiger partial charge in [-0.3, -0.25) is 4.79 Å². The van der Waals surface area contributed by atoms with Crippen LogP contribution < -0.4 is 0 Å². The van der Waals surface area contributed by atoms with E-state index in [2.05, 4.69) is 42.2 Å². The number of carbonyl (C=O) groups is 1. The first-order valence-electron chi connectivity index (χ1n) is 10.3. The molecule has 1 aliphatic rings. The number of amides is 1. The third-order valence-corrected chi connectivity index (χ3v) is 5.81. The van der Waals surface area contributed by atoms with Gasteiger partial charge in [-0.15, -0.1) is 10.2 Å². The highest BCUT2D eigenvalue weighted by atomic mass is 16.4. The lowest BCUT2D eigenvalue weighted by Gasteiger charge is -2.25. The molecule has 0 radical (unpaired) electrons. The average Bonchev–Trinajstić information content (AvgIpc) is 3.38. The monoisotopic (exact) mass is 389 g/mol. The van der Waals surface area contributed by atoms with Gasteiger partial charge in [-0.1, -0.05) is 35.9 Å². The molecule has 1 fully saturated rings. The van der Waals surface area contributed by atoms with Crippen LogP contribution in [-0.2, 0) is 11.2 Å². The molecule has 1 aromatic heterocycles. The van der Waals surface area contributed by atoms with Crippen molar-refractivity contribution in [2.24, 2.45) is 0 Å². The van der Waals surface area contributed by atoms with Crippen molar-refractivity contribution in [1.29, 1.82) is 0 Å². The van der Waals surface area contributed by atoms with Gasteiger partial charge in [-0.05, 0) is 62.4 Å². The maximum Gasteiger partial charge on any atom is 0.247 e. The molecule has 0 bridgehead atoms. The molecule has 2 heterocycles. The number of hydrogen-bond acceptors (Lipinski definition) is 4. The van der Waals surface area contributed by atoms with Crippen LogP contribution in [0.25, 0.3) is 11.5 Å². The van der Waals surface area contributed by atoms with Crippen molar-refractivity contribution in [2.75, 3.05) is 6.54 Å². The van der Waals surface area contributed by atoms with Crippen molar-refractivity contribution < 1.29 is 9.21 Å². The van der Waals surface area contributed by atoms with Crippen LogP contribution in [-0.4, -0.2) is 27.5 Å². The van der Waals surface area contributed by atoms with Crippen molar-refractivity contribution >= 4 is 5.91 Å². The molecule has 1 aliphatic heterocycles. The topological polar surface area (TPSA) is 59.2 Å². The number of carbonyl (C=O) groups excluding carboxylic acids is 1. The maximum absolute atomic E-state index is 12.9. The molecular formula is C24H27N3O2. The molecule has 0 saturated carbocycles. The Hall–Kier alpha value is -2.95. The molecule has 4 rings (SSSR count). The minimum absolute atomic E-state index is 0.154. The van der Waals surface area contributed by atoms with Crippen LogP contribution >= 0.6 is 0 Å². The molecule has 3 aromatic rings. The summed E-state index contributed by atoms with van der Waals surface area (Å²) in [4.78, 5) is 14.9. The van der Waals surface area contributed by atoms with E-state index in [4.69, 9.17) is 4.42 Å². The highest BCUT2D eigenvalue weighted by Gasteiger charge is 2.30. The third-order valence-electron chi connectivity index (χ3n) is 5.81. The number of likely N-dealkylation sites (tertiary alicyclic amines) is 1. The van der Waals surface area contributed by atoms with Crippen LogP contribution in [0, 0.1) is 20.8 Å². The van der Waals surface area contributed by atoms with Crippen molar-refractivity contribution in [1.82, 2.24) is 15.1 Å². The Morgan fingerprint density at radius 2 is 1.86 bits per heavy atom. The van der Waals surface area contributed by atoms with Crippen LogP contribution in [0.15, 0.2) is 46.9 Å². The predicted octanol–water partition coefficient (Wildman–Crippen LogP) is 4.96. The molecular weight excluding hydrogens is 362 g/mol. The van der Waals surface area contributed by atoms with Gasteiger partial charge in [0, 0.05) is 24.9 Å². The van der Waals surface area contributed by atoms with Gasteiger partial charge >= 0.3 is 0 Å². The highest BCUT2D eigenvalue weighted by molar-refractivity contribution is 5.77. The Kier molecular flexibility index (Phi) is 5.47. The molecule has 29 heavy (non-hydrogen) atoms. The largest absolute Gasteiger partial charge is 0.421 e. The lowest BCUT2D eigenvalue weighted by molar-refractivity contribution is -0.132. The Morgan fingerprint density at radius 1 is 1.07 bits per heavy atom. The Bertz CT molecular complexity index is 1010. The van der Waals surface area contributed by atoms with Crippen LogP contribution in [0.3, 0.4) is 0 Å². The first-order valence-corrected chi connectivity index (χ1v) is 10.3. The molecule has 5 heteroatoms. The molecule has 1 amide bonds. The van der Waals surface area contributed by atoms with Gasteiger partial charge in [0.25, 0.3) is 0 Å². The molecule has 2 aromatic carbocycles. The van der Waals surface area contributed by atoms with E-state index in [0.29, 0.717) is 24.6 Å². The van der Waals surface area contributed by atoms with E-state index < -0.39 is 0 Å². The quantitative estimate of drug-likeness (QED) is 0.619. The predicted molar refractivity (Wildman–Crippen MR) is 112 cm³/mol. The fourth-order valence-electron chi connectivity index (χ4n) is 3.91. The van der Waals surface area contributed by atoms with Crippen molar-refractivity contribution in [3.8, 4) is 11.5 Å². The van der Waals surface area contributed by atoms with Crippen molar-refractivity contribution in [3.63, 3.8) is 0 Å². The van der Waals surface area contributed by atoms with Crippen molar-refractivity contribution in [2.45, 2.75) is 52.5 Å². The highest BCUT2D eigenvalue weighted by Crippen LogP contribution is 2.33. The first kappa shape index (κ1) is 19.4. The molecule has 0 spiro atoms. The third kappa shape index (κ3) is 4.24. The maximum atomic E-state index is 12.9. The minimum atomic E-state index is 0.154. The standard InChI is InChI=1S/C24H27N3O2/c1-16-6-9-19(10-7-16)24-26-25-22(29-24)12-13-23(28)27-14-4-5-21(27)20-11-8-17(2)18(3)15-20/h6-11,15,21H,4-5,12-14H2,1-3H3. The van der Waals surface area contributed by atoms with Crippen molar-refractivity contribution in [3.05, 3.63) is 70.6 Å². The molecule has 150 valence electrons. The second-order valence-electron chi connectivity index (χ2n) is 7.96. The summed E-state index contributed by atoms with van der Waals surface area (Å²) < 4.78 is 5.77. The second-order valence-corrected chi connectivity index (χ2v) is 7.96. The van der Waals surface area contributed by atoms with Gasteiger partial charge in [-0.25, -0.2) is 0 Å². The first-order chi connectivity index (χ1) is 14.0. The molecule has 1 atom stereocenters. The van der Waals surface area contributed by atoms with Crippen LogP contribution in [0.1, 0.15) is 53.4 Å². The van der Waals surface area contributed by atoms with E-state index in [1.165, 1.54) is 22.3 Å². The Balaban J connectivity index is 1.40. The molecule has 1 saturated heterocycles. The summed E-state index contributed by atoms with van der Waals surface area (Å²) in [6.07, 6.45) is 2.92. The number of aryl methyl sites for hydroxylation is 4. The molecule has 1 unspecified atom stereocenters. The summed E-state index contributed by atoms with van der Waals surface area (Å²) in [7, 11) is 0. The van der Waals surface area contributed by atoms with Gasteiger partial charge in [0.1, 0.15) is 0 Å². The van der Waals surface area contributed by atoms with E-state index in [1.54, 1.807) is 0 Å². The van der Waals surface area contributed by atoms with E-state index in [0.717, 1.165) is 24.9 Å². The summed E-state index contributed by atoms with van der Waals surface area (Å²) in [6, 6.07) is 14.7. The lowest BCUT2D eigenvalue weighted by Crippen LogP contribution is -2.30. The molecule has 0 N–H and O–H groups in total. The smallest absolute Gasteiger partial charge is 0.247 e. The van der Waals surface area contributed by atoms with E-state index >= 15 is 0 Å². The lowest BCUT2D eigenvalue weighted by atomic mass is 9.99. The average molecular weight is 389 g/mol. The fraction of sp³-hybridized carbons (Fsp3) is 0.375. The fourth-order valence-corrected chi connectivity index (χ4v) is 3.91. The number of rotatable bonds is 5. The number of nitrogens with zero attached hydrogens (tertiary/aromatic N) is 3. The Morgan fingerprint density at radius 3 is 2.62 bits per heavy atom. The minimum Gasteiger partial charge on any atom is -0.421 e. The van der Waals surface area contributed by atoms with Crippen LogP contribution in [0.2, 0.25) is 0 Å². The molecule has 5 nitrogen and oxygen atoms in total. The van der Waals surface area contributed by atoms with Gasteiger partial charge in [0.15, 0.2) is 0 Å². The van der Waals surface area contributed by atoms with E-state index in [9.17, 15) is 4.79 Å². The Labute approximate surface area is 171 Å². The van der Waals surface area contributed by atoms with Gasteiger partial charge in [0.2, 0.25) is 17.7 Å². The summed E-state index contributed by atoms with van der Waals surface area (Å²) in [5, 5.41) is 8.26. The van der Waals surface area contributed by atoms with Crippen LogP contribution in [0.5, 0.6) is 0 Å². The second kappa shape index (κ2) is 8.19. The SMILES string of the molecule is Cc1ccc(-c2nnc(CCC(=O)N3CCCC3c3ccc(C)c(C)c3)o2)cc1. The van der Waals surface area contributed by atoms with Gasteiger partial charge in [-0.2, -0.15) is 0 Å². The summed E-state index contributed by atoms with van der Waals surface area (Å²) in [5.41, 5.74) is 5.87. The van der Waals surface area contributed by atoms with Gasteiger partial charge < -0.3 is 9.32 Å². The summed E-state index contributed by atoms with van der Waals surface area (Å²) in [5.74, 6) is 1.17. The number of benzene rings is 2. The zero-order chi connectivity index (χ0) is 20.4. The number of aromatic nitrogens is 2. The van der Waals surface area contributed by atoms with E-state index in [-0.39, 0.29) is 11.9 Å². The van der Waals surface area contributed by atoms with Crippen LogP contribution in [0.4, 0.5) is 0 Å². The molecule has 0 aliphatic carbocycles. The zero-order valence-corrected chi connectivity index (χ0v) is 17.3. The van der Waals surface area contributed by atoms with E-state index in [1.807, 2.05) is 36.1 Å². The summed E-state index contributed by atoms with van der Waals surface area (Å²) >= 11 is 0.